The minimum absolute atomic E-state index is 0.0727. The van der Waals surface area contributed by atoms with Crippen molar-refractivity contribution in [2.24, 2.45) is 0 Å². The Hall–Kier alpha value is -1.88. The van der Waals surface area contributed by atoms with E-state index in [1.807, 2.05) is 24.3 Å². The lowest BCUT2D eigenvalue weighted by Crippen LogP contribution is -2.24. The van der Waals surface area contributed by atoms with Crippen molar-refractivity contribution in [3.05, 3.63) is 36.9 Å². The minimum Gasteiger partial charge on any atom is -0.311 e. The topological polar surface area (TPSA) is 51.0 Å². The molecule has 1 aliphatic rings. The van der Waals surface area contributed by atoms with Crippen molar-refractivity contribution in [3.63, 3.8) is 0 Å². The van der Waals surface area contributed by atoms with Gasteiger partial charge in [-0.1, -0.05) is 0 Å². The lowest BCUT2D eigenvalue weighted by molar-refractivity contribution is -0.117. The largest absolute Gasteiger partial charge is 0.311 e. The first kappa shape index (κ1) is 11.2. The van der Waals surface area contributed by atoms with Crippen molar-refractivity contribution in [2.45, 2.75) is 11.8 Å². The van der Waals surface area contributed by atoms with Crippen LogP contribution in [0.5, 0.6) is 0 Å². The van der Waals surface area contributed by atoms with E-state index in [9.17, 15) is 4.79 Å². The van der Waals surface area contributed by atoms with E-state index in [-0.39, 0.29) is 11.3 Å². The second-order valence-corrected chi connectivity index (χ2v) is 4.78. The molecule has 1 aromatic carbocycles. The van der Waals surface area contributed by atoms with Crippen LogP contribution in [-0.2, 0) is 4.79 Å². The third-order valence-corrected chi connectivity index (χ3v) is 3.21. The molecule has 0 saturated carbocycles. The molecule has 6 heteroatoms. The van der Waals surface area contributed by atoms with Gasteiger partial charge in [-0.25, -0.2) is 9.67 Å². The van der Waals surface area contributed by atoms with Crippen LogP contribution in [0, 0.1) is 0 Å². The molecular formula is C12H11ClN4O. The van der Waals surface area contributed by atoms with E-state index in [4.69, 9.17) is 11.6 Å². The SMILES string of the molecule is O=C1CC(Cl)CN1c1ccc(-n2cncn2)cc1. The van der Waals surface area contributed by atoms with Gasteiger partial charge in [0.05, 0.1) is 11.1 Å². The Kier molecular flexibility index (Phi) is 2.76. The summed E-state index contributed by atoms with van der Waals surface area (Å²) in [6.45, 7) is 0.572. The number of nitrogens with zero attached hydrogens (tertiary/aromatic N) is 4. The summed E-state index contributed by atoms with van der Waals surface area (Å²) in [5, 5.41) is 3.95. The number of hydrogen-bond acceptors (Lipinski definition) is 3. The molecule has 2 heterocycles. The van der Waals surface area contributed by atoms with Gasteiger partial charge in [-0.15, -0.1) is 11.6 Å². The van der Waals surface area contributed by atoms with E-state index < -0.39 is 0 Å². The highest BCUT2D eigenvalue weighted by Crippen LogP contribution is 2.24. The molecule has 1 fully saturated rings. The predicted octanol–water partition coefficient (Wildman–Crippen LogP) is 1.61. The first-order valence-electron chi connectivity index (χ1n) is 5.63. The third-order valence-electron chi connectivity index (χ3n) is 2.92. The molecule has 1 amide bonds. The zero-order valence-electron chi connectivity index (χ0n) is 9.53. The molecule has 18 heavy (non-hydrogen) atoms. The van der Waals surface area contributed by atoms with Gasteiger partial charge in [-0.3, -0.25) is 4.79 Å². The highest BCUT2D eigenvalue weighted by Gasteiger charge is 2.28. The monoisotopic (exact) mass is 262 g/mol. The Morgan fingerprint density at radius 1 is 1.22 bits per heavy atom. The maximum Gasteiger partial charge on any atom is 0.228 e. The third kappa shape index (κ3) is 1.97. The van der Waals surface area contributed by atoms with Crippen LogP contribution in [0.1, 0.15) is 6.42 Å². The number of carbonyl (C=O) groups excluding carboxylic acids is 1. The molecule has 1 saturated heterocycles. The maximum atomic E-state index is 11.7. The smallest absolute Gasteiger partial charge is 0.228 e. The lowest BCUT2D eigenvalue weighted by atomic mass is 10.2. The fourth-order valence-electron chi connectivity index (χ4n) is 2.04. The highest BCUT2D eigenvalue weighted by molar-refractivity contribution is 6.24. The molecule has 0 N–H and O–H groups in total. The molecule has 0 radical (unpaired) electrons. The highest BCUT2D eigenvalue weighted by atomic mass is 35.5. The van der Waals surface area contributed by atoms with Gasteiger partial charge in [0, 0.05) is 18.7 Å². The minimum atomic E-state index is -0.0903. The van der Waals surface area contributed by atoms with Crippen molar-refractivity contribution in [2.75, 3.05) is 11.4 Å². The van der Waals surface area contributed by atoms with Gasteiger partial charge in [0.2, 0.25) is 5.91 Å². The second-order valence-electron chi connectivity index (χ2n) is 4.16. The van der Waals surface area contributed by atoms with Gasteiger partial charge in [-0.05, 0) is 24.3 Å². The van der Waals surface area contributed by atoms with Crippen molar-refractivity contribution >= 4 is 23.2 Å². The van der Waals surface area contributed by atoms with E-state index in [0.29, 0.717) is 13.0 Å². The van der Waals surface area contributed by atoms with Crippen LogP contribution in [0.3, 0.4) is 0 Å². The van der Waals surface area contributed by atoms with Gasteiger partial charge in [0.15, 0.2) is 0 Å². The number of anilines is 1. The number of benzene rings is 1. The Bertz CT molecular complexity index is 552. The quantitative estimate of drug-likeness (QED) is 0.773. The number of rotatable bonds is 2. The normalized spacial score (nSPS) is 19.5. The van der Waals surface area contributed by atoms with Crippen LogP contribution in [0.4, 0.5) is 5.69 Å². The molecule has 1 unspecified atom stereocenters. The van der Waals surface area contributed by atoms with Crippen LogP contribution in [0.15, 0.2) is 36.9 Å². The molecular weight excluding hydrogens is 252 g/mol. The number of amides is 1. The summed E-state index contributed by atoms with van der Waals surface area (Å²) in [7, 11) is 0. The van der Waals surface area contributed by atoms with Crippen LogP contribution in [0.25, 0.3) is 5.69 Å². The van der Waals surface area contributed by atoms with Gasteiger partial charge >= 0.3 is 0 Å². The van der Waals surface area contributed by atoms with Crippen LogP contribution in [0.2, 0.25) is 0 Å². The molecule has 1 aromatic heterocycles. The summed E-state index contributed by atoms with van der Waals surface area (Å²) in [6, 6.07) is 7.59. The molecule has 5 nitrogen and oxygen atoms in total. The summed E-state index contributed by atoms with van der Waals surface area (Å²) >= 11 is 5.98. The lowest BCUT2D eigenvalue weighted by Gasteiger charge is -2.16. The molecule has 2 aromatic rings. The Labute approximate surface area is 109 Å². The van der Waals surface area contributed by atoms with Gasteiger partial charge in [0.1, 0.15) is 12.7 Å². The van der Waals surface area contributed by atoms with Crippen molar-refractivity contribution < 1.29 is 4.79 Å². The summed E-state index contributed by atoms with van der Waals surface area (Å²) in [5.41, 5.74) is 1.78. The fraction of sp³-hybridized carbons (Fsp3) is 0.250. The van der Waals surface area contributed by atoms with Crippen LogP contribution < -0.4 is 4.90 Å². The van der Waals surface area contributed by atoms with Gasteiger partial charge in [0.25, 0.3) is 0 Å². The van der Waals surface area contributed by atoms with Crippen molar-refractivity contribution in [1.82, 2.24) is 14.8 Å². The van der Waals surface area contributed by atoms with Gasteiger partial charge < -0.3 is 4.90 Å². The molecule has 3 rings (SSSR count). The number of halogens is 1. The Morgan fingerprint density at radius 3 is 2.50 bits per heavy atom. The van der Waals surface area contributed by atoms with Crippen molar-refractivity contribution in [1.29, 1.82) is 0 Å². The first-order valence-corrected chi connectivity index (χ1v) is 6.07. The van der Waals surface area contributed by atoms with E-state index >= 15 is 0 Å². The summed E-state index contributed by atoms with van der Waals surface area (Å²) in [5.74, 6) is 0.0727. The summed E-state index contributed by atoms with van der Waals surface area (Å²) in [4.78, 5) is 17.3. The molecule has 92 valence electrons. The van der Waals surface area contributed by atoms with E-state index in [1.54, 1.807) is 15.9 Å². The predicted molar refractivity (Wildman–Crippen MR) is 68.0 cm³/mol. The Morgan fingerprint density at radius 2 is 1.94 bits per heavy atom. The molecule has 1 atom stereocenters. The van der Waals surface area contributed by atoms with Gasteiger partial charge in [-0.2, -0.15) is 5.10 Å². The first-order chi connectivity index (χ1) is 8.74. The van der Waals surface area contributed by atoms with E-state index in [0.717, 1.165) is 11.4 Å². The number of aromatic nitrogens is 3. The fourth-order valence-corrected chi connectivity index (χ4v) is 2.31. The second kappa shape index (κ2) is 4.42. The zero-order chi connectivity index (χ0) is 12.5. The average Bonchev–Trinajstić information content (AvgIpc) is 2.99. The molecule has 1 aliphatic heterocycles. The van der Waals surface area contributed by atoms with Crippen LogP contribution in [-0.4, -0.2) is 32.6 Å². The summed E-state index contributed by atoms with van der Waals surface area (Å²) < 4.78 is 1.67. The number of carbonyl (C=O) groups is 1. The Balaban J connectivity index is 1.85. The standard InChI is InChI=1S/C12H11ClN4O/c13-9-5-12(18)16(6-9)10-1-3-11(4-2-10)17-8-14-7-15-17/h1-4,7-9H,5-6H2. The van der Waals surface area contributed by atoms with Crippen molar-refractivity contribution in [3.8, 4) is 5.69 Å². The maximum absolute atomic E-state index is 11.7. The average molecular weight is 263 g/mol. The zero-order valence-corrected chi connectivity index (χ0v) is 10.3. The summed E-state index contributed by atoms with van der Waals surface area (Å²) in [6.07, 6.45) is 3.52. The molecule has 0 aliphatic carbocycles. The van der Waals surface area contributed by atoms with E-state index in [2.05, 4.69) is 10.1 Å². The number of alkyl halides is 1. The molecule has 0 spiro atoms. The molecule has 0 bridgehead atoms. The van der Waals surface area contributed by atoms with Crippen LogP contribution >= 0.6 is 11.6 Å². The van der Waals surface area contributed by atoms with E-state index in [1.165, 1.54) is 6.33 Å². The number of hydrogen-bond donors (Lipinski definition) is 0.